The Labute approximate surface area is 122 Å². The highest BCUT2D eigenvalue weighted by molar-refractivity contribution is 5.30. The normalized spacial score (nSPS) is 12.7. The third kappa shape index (κ3) is 6.37. The quantitative estimate of drug-likeness (QED) is 0.669. The fraction of sp³-hybridized carbons (Fsp3) is 0.625. The molecule has 0 spiro atoms. The lowest BCUT2D eigenvalue weighted by Gasteiger charge is -2.17. The molecular weight excluding hydrogens is 254 g/mol. The Balaban J connectivity index is 2.32. The summed E-state index contributed by atoms with van der Waals surface area (Å²) < 4.78 is 16.4. The van der Waals surface area contributed by atoms with Crippen molar-refractivity contribution in [2.24, 2.45) is 5.92 Å². The maximum atomic E-state index is 5.67. The van der Waals surface area contributed by atoms with E-state index in [1.165, 1.54) is 0 Å². The van der Waals surface area contributed by atoms with Crippen LogP contribution in [0.15, 0.2) is 24.3 Å². The van der Waals surface area contributed by atoms with Crippen LogP contribution in [0.3, 0.4) is 0 Å². The molecule has 0 saturated carbocycles. The van der Waals surface area contributed by atoms with Gasteiger partial charge in [-0.3, -0.25) is 0 Å². The molecule has 1 aromatic carbocycles. The van der Waals surface area contributed by atoms with Crippen molar-refractivity contribution in [1.82, 2.24) is 5.32 Å². The van der Waals surface area contributed by atoms with Gasteiger partial charge in [-0.15, -0.1) is 0 Å². The largest absolute Gasteiger partial charge is 0.497 e. The van der Waals surface area contributed by atoms with Crippen molar-refractivity contribution in [3.8, 4) is 5.75 Å². The number of hydrogen-bond acceptors (Lipinski definition) is 4. The van der Waals surface area contributed by atoms with Crippen LogP contribution in [0.2, 0.25) is 0 Å². The van der Waals surface area contributed by atoms with Crippen LogP contribution in [-0.4, -0.2) is 40.6 Å². The van der Waals surface area contributed by atoms with Gasteiger partial charge in [-0.1, -0.05) is 26.0 Å². The molecule has 0 aliphatic heterocycles. The van der Waals surface area contributed by atoms with E-state index in [-0.39, 0.29) is 6.04 Å². The summed E-state index contributed by atoms with van der Waals surface area (Å²) in [5.41, 5.74) is 1.16. The number of hydrogen-bond donors (Lipinski definition) is 1. The Hall–Kier alpha value is -1.10. The van der Waals surface area contributed by atoms with Crippen molar-refractivity contribution < 1.29 is 14.2 Å². The number of nitrogens with one attached hydrogen (secondary N) is 1. The maximum Gasteiger partial charge on any atom is 0.119 e. The fourth-order valence-corrected chi connectivity index (χ4v) is 1.84. The first-order chi connectivity index (χ1) is 9.67. The molecule has 0 amide bonds. The summed E-state index contributed by atoms with van der Waals surface area (Å²) >= 11 is 0. The predicted molar refractivity (Wildman–Crippen MR) is 81.3 cm³/mol. The van der Waals surface area contributed by atoms with Crippen LogP contribution in [-0.2, 0) is 9.47 Å². The molecule has 0 heterocycles. The molecule has 20 heavy (non-hydrogen) atoms. The standard InChI is InChI=1S/C16H27NO3/c1-13(2)11-19-8-9-20-12-16(17-3)14-6-5-7-15(10-14)18-4/h5-7,10,13,16-17H,8-9,11-12H2,1-4H3. The zero-order valence-electron chi connectivity index (χ0n) is 13.0. The molecule has 114 valence electrons. The third-order valence-electron chi connectivity index (χ3n) is 2.95. The third-order valence-corrected chi connectivity index (χ3v) is 2.95. The molecule has 0 aliphatic carbocycles. The van der Waals surface area contributed by atoms with Gasteiger partial charge in [0.05, 0.1) is 33.0 Å². The minimum atomic E-state index is 0.162. The van der Waals surface area contributed by atoms with E-state index >= 15 is 0 Å². The molecule has 1 rings (SSSR count). The van der Waals surface area contributed by atoms with Gasteiger partial charge < -0.3 is 19.5 Å². The lowest BCUT2D eigenvalue weighted by molar-refractivity contribution is 0.0309. The minimum Gasteiger partial charge on any atom is -0.497 e. The summed E-state index contributed by atoms with van der Waals surface area (Å²) in [5, 5.41) is 3.26. The van der Waals surface area contributed by atoms with Crippen molar-refractivity contribution in [3.05, 3.63) is 29.8 Å². The topological polar surface area (TPSA) is 39.7 Å². The minimum absolute atomic E-state index is 0.162. The Morgan fingerprint density at radius 1 is 1.10 bits per heavy atom. The van der Waals surface area contributed by atoms with E-state index in [1.54, 1.807) is 7.11 Å². The Morgan fingerprint density at radius 3 is 2.40 bits per heavy atom. The molecule has 1 N–H and O–H groups in total. The molecule has 4 heteroatoms. The molecule has 0 bridgehead atoms. The molecule has 1 unspecified atom stereocenters. The van der Waals surface area contributed by atoms with Crippen LogP contribution in [0.5, 0.6) is 5.75 Å². The smallest absolute Gasteiger partial charge is 0.119 e. The van der Waals surface area contributed by atoms with Crippen LogP contribution in [0, 0.1) is 5.92 Å². The molecule has 0 aromatic heterocycles. The number of likely N-dealkylation sites (N-methyl/N-ethyl adjacent to an activating group) is 1. The Morgan fingerprint density at radius 2 is 1.80 bits per heavy atom. The van der Waals surface area contributed by atoms with Crippen molar-refractivity contribution in [1.29, 1.82) is 0 Å². The van der Waals surface area contributed by atoms with Gasteiger partial charge >= 0.3 is 0 Å². The molecule has 0 aliphatic rings. The highest BCUT2D eigenvalue weighted by atomic mass is 16.5. The predicted octanol–water partition coefficient (Wildman–Crippen LogP) is 2.64. The summed E-state index contributed by atoms with van der Waals surface area (Å²) in [6, 6.07) is 8.19. The van der Waals surface area contributed by atoms with Crippen molar-refractivity contribution in [3.63, 3.8) is 0 Å². The van der Waals surface area contributed by atoms with Crippen LogP contribution in [0.4, 0.5) is 0 Å². The highest BCUT2D eigenvalue weighted by Gasteiger charge is 2.10. The second-order valence-corrected chi connectivity index (χ2v) is 5.16. The number of methoxy groups -OCH3 is 1. The second kappa shape index (κ2) is 9.75. The van der Waals surface area contributed by atoms with E-state index in [1.807, 2.05) is 25.2 Å². The molecule has 4 nitrogen and oxygen atoms in total. The lowest BCUT2D eigenvalue weighted by atomic mass is 10.1. The van der Waals surface area contributed by atoms with Gasteiger partial charge in [-0.25, -0.2) is 0 Å². The van der Waals surface area contributed by atoms with Gasteiger partial charge in [0.2, 0.25) is 0 Å². The van der Waals surface area contributed by atoms with E-state index < -0.39 is 0 Å². The van der Waals surface area contributed by atoms with Crippen LogP contribution < -0.4 is 10.1 Å². The first-order valence-corrected chi connectivity index (χ1v) is 7.14. The zero-order chi connectivity index (χ0) is 14.8. The van der Waals surface area contributed by atoms with Crippen LogP contribution >= 0.6 is 0 Å². The average molecular weight is 281 g/mol. The monoisotopic (exact) mass is 281 g/mol. The summed E-state index contributed by atoms with van der Waals surface area (Å²) in [6.45, 7) is 6.95. The molecule has 0 saturated heterocycles. The van der Waals surface area contributed by atoms with Crippen LogP contribution in [0.1, 0.15) is 25.5 Å². The molecule has 1 aromatic rings. The van der Waals surface area contributed by atoms with Crippen molar-refractivity contribution in [2.75, 3.05) is 40.6 Å². The van der Waals surface area contributed by atoms with Gasteiger partial charge in [0, 0.05) is 6.61 Å². The fourth-order valence-electron chi connectivity index (χ4n) is 1.84. The van der Waals surface area contributed by atoms with Gasteiger partial charge in [-0.2, -0.15) is 0 Å². The van der Waals surface area contributed by atoms with Gasteiger partial charge in [0.1, 0.15) is 5.75 Å². The molecule has 0 radical (unpaired) electrons. The van der Waals surface area contributed by atoms with Gasteiger partial charge in [0.25, 0.3) is 0 Å². The van der Waals surface area contributed by atoms with E-state index in [0.717, 1.165) is 17.9 Å². The maximum absolute atomic E-state index is 5.67. The average Bonchev–Trinajstić information content (AvgIpc) is 2.46. The summed E-state index contributed by atoms with van der Waals surface area (Å²) in [5.74, 6) is 1.43. The van der Waals surface area contributed by atoms with Gasteiger partial charge in [-0.05, 0) is 30.7 Å². The zero-order valence-corrected chi connectivity index (χ0v) is 13.0. The van der Waals surface area contributed by atoms with Crippen molar-refractivity contribution in [2.45, 2.75) is 19.9 Å². The van der Waals surface area contributed by atoms with E-state index in [9.17, 15) is 0 Å². The SMILES string of the molecule is CNC(COCCOCC(C)C)c1cccc(OC)c1. The van der Waals surface area contributed by atoms with E-state index in [4.69, 9.17) is 14.2 Å². The van der Waals surface area contributed by atoms with Crippen LogP contribution in [0.25, 0.3) is 0 Å². The number of benzene rings is 1. The summed E-state index contributed by atoms with van der Waals surface area (Å²) in [6.07, 6.45) is 0. The molecule has 0 fully saturated rings. The van der Waals surface area contributed by atoms with Crippen molar-refractivity contribution >= 4 is 0 Å². The molecule has 1 atom stereocenters. The van der Waals surface area contributed by atoms with E-state index in [2.05, 4.69) is 25.2 Å². The van der Waals surface area contributed by atoms with E-state index in [0.29, 0.717) is 25.7 Å². The number of rotatable bonds is 10. The van der Waals surface area contributed by atoms with Gasteiger partial charge in [0.15, 0.2) is 0 Å². The molecular formula is C16H27NO3. The highest BCUT2D eigenvalue weighted by Crippen LogP contribution is 2.19. The Kier molecular flexibility index (Phi) is 8.26. The first-order valence-electron chi connectivity index (χ1n) is 7.14. The Bertz CT molecular complexity index is 368. The summed E-state index contributed by atoms with van der Waals surface area (Å²) in [7, 11) is 3.61. The first kappa shape index (κ1) is 17.0. The lowest BCUT2D eigenvalue weighted by Crippen LogP contribution is -2.23. The second-order valence-electron chi connectivity index (χ2n) is 5.16. The number of ether oxygens (including phenoxy) is 3. The summed E-state index contributed by atoms with van der Waals surface area (Å²) in [4.78, 5) is 0.